The molecule has 0 fully saturated rings. The van der Waals surface area contributed by atoms with Gasteiger partial charge in [-0.1, -0.05) is 38.1 Å². The monoisotopic (exact) mass is 560 g/mol. The van der Waals surface area contributed by atoms with E-state index in [2.05, 4.69) is 89.7 Å². The van der Waals surface area contributed by atoms with Gasteiger partial charge in [0.05, 0.1) is 31.8 Å². The van der Waals surface area contributed by atoms with Crippen LogP contribution in [0.1, 0.15) is 36.8 Å². The quantitative estimate of drug-likeness (QED) is 0.164. The predicted molar refractivity (Wildman–Crippen MR) is 164 cm³/mol. The van der Waals surface area contributed by atoms with Crippen molar-refractivity contribution in [2.75, 3.05) is 0 Å². The van der Waals surface area contributed by atoms with Crippen molar-refractivity contribution >= 4 is 70.7 Å². The van der Waals surface area contributed by atoms with Crippen LogP contribution in [0.25, 0.3) is 65.0 Å². The first kappa shape index (κ1) is 23.4. The summed E-state index contributed by atoms with van der Waals surface area (Å²) < 4.78 is 2.28. The zero-order valence-electron chi connectivity index (χ0n) is 21.7. The van der Waals surface area contributed by atoms with Crippen molar-refractivity contribution in [2.45, 2.75) is 25.7 Å². The minimum atomic E-state index is -0.244. The summed E-state index contributed by atoms with van der Waals surface area (Å²) in [7, 11) is 0. The molecule has 2 atom stereocenters. The lowest BCUT2D eigenvalue weighted by molar-refractivity contribution is -0.121. The summed E-state index contributed by atoms with van der Waals surface area (Å²) in [5.74, 6) is -0.296. The fourth-order valence-corrected chi connectivity index (χ4v) is 7.34. The van der Waals surface area contributed by atoms with E-state index in [1.807, 2.05) is 26.0 Å². The molecule has 7 nitrogen and oxygen atoms in total. The summed E-state index contributed by atoms with van der Waals surface area (Å²) in [6.07, 6.45) is 0. The number of nitrogens with zero attached hydrogens (tertiary/aromatic N) is 2. The number of ketones is 1. The topological polar surface area (TPSA) is 106 Å². The molecular weight excluding hydrogens is 537 g/mol. The molecule has 4 N–H and O–H groups in total. The summed E-state index contributed by atoms with van der Waals surface area (Å²) in [4.78, 5) is 20.7. The van der Waals surface area contributed by atoms with E-state index in [1.165, 1.54) is 0 Å². The molecule has 6 aromatic heterocycles. The van der Waals surface area contributed by atoms with Crippen LogP contribution in [0.3, 0.4) is 0 Å². The second-order valence-electron chi connectivity index (χ2n) is 10.4. The second-order valence-corrected chi connectivity index (χ2v) is 12.2. The third-order valence-electron chi connectivity index (χ3n) is 7.99. The molecule has 9 heteroatoms. The van der Waals surface area contributed by atoms with Gasteiger partial charge in [0, 0.05) is 33.6 Å². The molecule has 2 aromatic carbocycles. The molecular formula is C31H24N6OS2. The van der Waals surface area contributed by atoms with Crippen molar-refractivity contribution in [3.05, 3.63) is 82.6 Å². The Morgan fingerprint density at radius 1 is 0.650 bits per heavy atom. The lowest BCUT2D eigenvalue weighted by Gasteiger charge is -2.17. The van der Waals surface area contributed by atoms with Crippen molar-refractivity contribution in [3.8, 4) is 22.8 Å². The zero-order chi connectivity index (χ0) is 27.0. The Bertz CT molecular complexity index is 2050. The van der Waals surface area contributed by atoms with Crippen LogP contribution in [-0.4, -0.2) is 36.1 Å². The summed E-state index contributed by atoms with van der Waals surface area (Å²) in [5, 5.41) is 21.5. The number of fused-ring (bicyclic) bond motifs is 4. The lowest BCUT2D eigenvalue weighted by atomic mass is 9.85. The van der Waals surface area contributed by atoms with E-state index in [9.17, 15) is 4.79 Å². The number of carbonyl (C=O) groups excluding carboxylic acids is 1. The highest BCUT2D eigenvalue weighted by Gasteiger charge is 2.24. The van der Waals surface area contributed by atoms with Gasteiger partial charge < -0.3 is 9.97 Å². The van der Waals surface area contributed by atoms with E-state index in [-0.39, 0.29) is 17.6 Å². The third-order valence-corrected chi connectivity index (χ3v) is 9.84. The first-order valence-corrected chi connectivity index (χ1v) is 14.9. The summed E-state index contributed by atoms with van der Waals surface area (Å²) in [5.41, 5.74) is 9.90. The van der Waals surface area contributed by atoms with Crippen LogP contribution in [0.4, 0.5) is 0 Å². The van der Waals surface area contributed by atoms with E-state index in [1.54, 1.807) is 22.7 Å². The minimum absolute atomic E-state index is 0.192. The van der Waals surface area contributed by atoms with Crippen molar-refractivity contribution in [1.29, 1.82) is 0 Å². The Balaban J connectivity index is 1.07. The number of hydrogen-bond acceptors (Lipinski definition) is 5. The largest absolute Gasteiger partial charge is 0.353 e. The van der Waals surface area contributed by atoms with Crippen molar-refractivity contribution in [2.24, 2.45) is 0 Å². The summed E-state index contributed by atoms with van der Waals surface area (Å²) in [6, 6.07) is 20.8. The van der Waals surface area contributed by atoms with E-state index in [0.717, 1.165) is 76.1 Å². The maximum Gasteiger partial charge on any atom is 0.147 e. The molecule has 196 valence electrons. The first-order valence-electron chi connectivity index (χ1n) is 13.2. The highest BCUT2D eigenvalue weighted by Crippen LogP contribution is 2.35. The van der Waals surface area contributed by atoms with Crippen LogP contribution in [-0.2, 0) is 4.79 Å². The average molecular weight is 561 g/mol. The molecule has 0 aliphatic rings. The van der Waals surface area contributed by atoms with E-state index < -0.39 is 0 Å². The summed E-state index contributed by atoms with van der Waals surface area (Å²) in [6.45, 7) is 4.00. The number of aromatic amines is 4. The van der Waals surface area contributed by atoms with Gasteiger partial charge >= 0.3 is 0 Å². The Kier molecular flexibility index (Phi) is 5.14. The standard InChI is InChI=1S/C31H24N6OS2/c1-15(17-3-5-19-13-25(32-23(19)11-17)27-30-21(34-36-27)7-9-39-30)29(38)16(2)18-4-6-20-14-26(33-24(20)12-18)28-31-22(35-37-28)8-10-40-31/h3-16,32-33H,1-2H3,(H,34,36)(H,35,37). The molecule has 2 unspecified atom stereocenters. The molecule has 40 heavy (non-hydrogen) atoms. The predicted octanol–water partition coefficient (Wildman–Crippen LogP) is 8.34. The Morgan fingerprint density at radius 2 is 1.12 bits per heavy atom. The lowest BCUT2D eigenvalue weighted by Crippen LogP contribution is -2.16. The maximum absolute atomic E-state index is 13.7. The maximum atomic E-state index is 13.7. The van der Waals surface area contributed by atoms with Crippen LogP contribution in [0.2, 0.25) is 0 Å². The number of H-pyrrole nitrogens is 4. The van der Waals surface area contributed by atoms with Crippen molar-refractivity contribution in [1.82, 2.24) is 30.4 Å². The molecule has 0 amide bonds. The van der Waals surface area contributed by atoms with Crippen molar-refractivity contribution < 1.29 is 4.79 Å². The van der Waals surface area contributed by atoms with Gasteiger partial charge in [-0.25, -0.2) is 0 Å². The SMILES string of the molecule is CC(C(=O)C(C)c1ccc2cc(-c3n[nH]c4ccsc34)[nH]c2c1)c1ccc2cc(-c3n[nH]c4ccsc34)[nH]c2c1. The molecule has 0 aliphatic carbocycles. The van der Waals surface area contributed by atoms with Gasteiger partial charge in [-0.3, -0.25) is 15.0 Å². The second kappa shape index (κ2) is 8.77. The van der Waals surface area contributed by atoms with E-state index in [4.69, 9.17) is 0 Å². The molecule has 8 aromatic rings. The number of aromatic nitrogens is 6. The zero-order valence-corrected chi connectivity index (χ0v) is 23.3. The van der Waals surface area contributed by atoms with Crippen molar-refractivity contribution in [3.63, 3.8) is 0 Å². The Morgan fingerprint density at radius 3 is 1.60 bits per heavy atom. The van der Waals surface area contributed by atoms with E-state index in [0.29, 0.717) is 0 Å². The van der Waals surface area contributed by atoms with Gasteiger partial charge in [-0.05, 0) is 58.3 Å². The van der Waals surface area contributed by atoms with Gasteiger partial charge in [-0.15, -0.1) is 22.7 Å². The number of Topliss-reactive ketones (excluding diaryl/α,β-unsaturated/α-hetero) is 1. The Hall–Kier alpha value is -4.47. The molecule has 0 saturated carbocycles. The smallest absolute Gasteiger partial charge is 0.147 e. The summed E-state index contributed by atoms with van der Waals surface area (Å²) >= 11 is 3.35. The fraction of sp³-hybridized carbons (Fsp3) is 0.129. The number of nitrogens with one attached hydrogen (secondary N) is 4. The minimum Gasteiger partial charge on any atom is -0.353 e. The average Bonchev–Trinajstić information content (AvgIpc) is 3.78. The molecule has 0 bridgehead atoms. The number of rotatable bonds is 6. The van der Waals surface area contributed by atoms with Gasteiger partial charge in [0.1, 0.15) is 17.2 Å². The Labute approximate surface area is 236 Å². The molecule has 0 spiro atoms. The molecule has 0 saturated heterocycles. The normalized spacial score (nSPS) is 13.7. The number of hydrogen-bond donors (Lipinski definition) is 4. The van der Waals surface area contributed by atoms with Gasteiger partial charge in [-0.2, -0.15) is 10.2 Å². The first-order chi connectivity index (χ1) is 19.5. The fourth-order valence-electron chi connectivity index (χ4n) is 5.65. The molecule has 6 heterocycles. The highest BCUT2D eigenvalue weighted by molar-refractivity contribution is 7.18. The van der Waals surface area contributed by atoms with Crippen LogP contribution >= 0.6 is 22.7 Å². The van der Waals surface area contributed by atoms with Crippen LogP contribution < -0.4 is 0 Å². The van der Waals surface area contributed by atoms with Gasteiger partial charge in [0.2, 0.25) is 0 Å². The highest BCUT2D eigenvalue weighted by atomic mass is 32.1. The van der Waals surface area contributed by atoms with Crippen LogP contribution in [0, 0.1) is 0 Å². The number of benzene rings is 2. The number of carbonyl (C=O) groups is 1. The van der Waals surface area contributed by atoms with Gasteiger partial charge in [0.25, 0.3) is 0 Å². The molecule has 8 rings (SSSR count). The number of thiophene rings is 2. The van der Waals surface area contributed by atoms with Crippen LogP contribution in [0.5, 0.6) is 0 Å². The molecule has 0 radical (unpaired) electrons. The third kappa shape index (κ3) is 3.58. The van der Waals surface area contributed by atoms with Gasteiger partial charge in [0.15, 0.2) is 0 Å². The van der Waals surface area contributed by atoms with Crippen LogP contribution in [0.15, 0.2) is 71.4 Å². The van der Waals surface area contributed by atoms with E-state index >= 15 is 0 Å². The molecule has 0 aliphatic heterocycles.